The van der Waals surface area contributed by atoms with E-state index >= 15 is 0 Å². The molecular weight excluding hydrogens is 316 g/mol. The van der Waals surface area contributed by atoms with E-state index in [2.05, 4.69) is 25.4 Å². The van der Waals surface area contributed by atoms with E-state index in [1.165, 1.54) is 0 Å². The highest BCUT2D eigenvalue weighted by molar-refractivity contribution is 6.04. The van der Waals surface area contributed by atoms with E-state index in [9.17, 15) is 4.79 Å². The first-order valence-electron chi connectivity index (χ1n) is 7.65. The van der Waals surface area contributed by atoms with Gasteiger partial charge in [0.25, 0.3) is 5.91 Å². The van der Waals surface area contributed by atoms with Gasteiger partial charge in [0.2, 0.25) is 0 Å². The Morgan fingerprint density at radius 3 is 2.64 bits per heavy atom. The number of amides is 1. The zero-order valence-corrected chi connectivity index (χ0v) is 13.4. The number of anilines is 1. The predicted molar refractivity (Wildman–Crippen MR) is 93.9 cm³/mol. The maximum Gasteiger partial charge on any atom is 0.256 e. The number of rotatable bonds is 3. The fourth-order valence-corrected chi connectivity index (χ4v) is 2.52. The van der Waals surface area contributed by atoms with Crippen LogP contribution in [0.15, 0.2) is 61.4 Å². The highest BCUT2D eigenvalue weighted by Gasteiger charge is 2.08. The Labute approximate surface area is 143 Å². The molecule has 7 nitrogen and oxygen atoms in total. The minimum atomic E-state index is -0.231. The zero-order chi connectivity index (χ0) is 17.2. The summed E-state index contributed by atoms with van der Waals surface area (Å²) in [5, 5.41) is 7.86. The summed E-state index contributed by atoms with van der Waals surface area (Å²) in [5.41, 5.74) is 3.22. The van der Waals surface area contributed by atoms with E-state index in [-0.39, 0.29) is 5.91 Å². The van der Waals surface area contributed by atoms with E-state index < -0.39 is 0 Å². The van der Waals surface area contributed by atoms with Gasteiger partial charge < -0.3 is 5.32 Å². The van der Waals surface area contributed by atoms with Gasteiger partial charge in [-0.15, -0.1) is 0 Å². The highest BCUT2D eigenvalue weighted by atomic mass is 16.1. The number of carbonyl (C=O) groups excluding carboxylic acids is 1. The molecule has 0 saturated carbocycles. The van der Waals surface area contributed by atoms with E-state index in [4.69, 9.17) is 0 Å². The van der Waals surface area contributed by atoms with Crippen molar-refractivity contribution in [2.75, 3.05) is 5.32 Å². The average Bonchev–Trinajstić information content (AvgIpc) is 3.08. The lowest BCUT2D eigenvalue weighted by Crippen LogP contribution is -2.12. The van der Waals surface area contributed by atoms with E-state index in [0.29, 0.717) is 11.4 Å². The molecule has 0 atom stereocenters. The van der Waals surface area contributed by atoms with Gasteiger partial charge in [0.1, 0.15) is 5.82 Å². The Bertz CT molecular complexity index is 1060. The van der Waals surface area contributed by atoms with Crippen molar-refractivity contribution < 1.29 is 4.79 Å². The molecule has 0 bridgehead atoms. The van der Waals surface area contributed by atoms with Gasteiger partial charge >= 0.3 is 0 Å². The van der Waals surface area contributed by atoms with Crippen LogP contribution in [-0.2, 0) is 7.05 Å². The molecule has 0 radical (unpaired) electrons. The standard InChI is InChI=1S/C18H14N6O/c1-24-11-15(9-22-24)14-6-13-7-17(21-10-16(13)20-8-14)23-18(25)12-2-4-19-5-3-12/h2-11H,1H3,(H,21,23,25). The molecule has 0 fully saturated rings. The molecule has 0 spiro atoms. The van der Waals surface area contributed by atoms with Gasteiger partial charge in [0.05, 0.1) is 17.9 Å². The molecular formula is C18H14N6O. The zero-order valence-electron chi connectivity index (χ0n) is 13.4. The maximum absolute atomic E-state index is 12.2. The number of nitrogens with one attached hydrogen (secondary N) is 1. The Balaban J connectivity index is 1.66. The van der Waals surface area contributed by atoms with Gasteiger partial charge in [-0.1, -0.05) is 0 Å². The molecule has 4 rings (SSSR count). The van der Waals surface area contributed by atoms with Gasteiger partial charge in [-0.3, -0.25) is 19.4 Å². The largest absolute Gasteiger partial charge is 0.307 e. The molecule has 0 aliphatic rings. The highest BCUT2D eigenvalue weighted by Crippen LogP contribution is 2.23. The first-order chi connectivity index (χ1) is 12.2. The van der Waals surface area contributed by atoms with Crippen LogP contribution >= 0.6 is 0 Å². The van der Waals surface area contributed by atoms with E-state index in [1.54, 1.807) is 53.9 Å². The van der Waals surface area contributed by atoms with Gasteiger partial charge in [-0.2, -0.15) is 5.10 Å². The van der Waals surface area contributed by atoms with Crippen LogP contribution < -0.4 is 5.32 Å². The summed E-state index contributed by atoms with van der Waals surface area (Å²) in [6.07, 6.45) is 10.3. The average molecular weight is 330 g/mol. The van der Waals surface area contributed by atoms with Crippen LogP contribution in [0.1, 0.15) is 10.4 Å². The second-order valence-corrected chi connectivity index (χ2v) is 5.58. The fraction of sp³-hybridized carbons (Fsp3) is 0.0556. The first-order valence-corrected chi connectivity index (χ1v) is 7.65. The van der Waals surface area contributed by atoms with Crippen LogP contribution in [0.5, 0.6) is 0 Å². The van der Waals surface area contributed by atoms with Crippen molar-refractivity contribution in [2.24, 2.45) is 7.05 Å². The van der Waals surface area contributed by atoms with Crippen LogP contribution in [0.2, 0.25) is 0 Å². The smallest absolute Gasteiger partial charge is 0.256 e. The van der Waals surface area contributed by atoms with Gasteiger partial charge in [-0.05, 0) is 24.3 Å². The lowest BCUT2D eigenvalue weighted by molar-refractivity contribution is 0.102. The number of carbonyl (C=O) groups is 1. The third-order valence-corrected chi connectivity index (χ3v) is 3.79. The van der Waals surface area contributed by atoms with Crippen molar-refractivity contribution in [3.05, 3.63) is 67.0 Å². The minimum absolute atomic E-state index is 0.231. The molecule has 0 saturated heterocycles. The van der Waals surface area contributed by atoms with Crippen molar-refractivity contribution in [3.8, 4) is 11.1 Å². The number of aryl methyl sites for hydroxylation is 1. The van der Waals surface area contributed by atoms with E-state index in [0.717, 1.165) is 22.0 Å². The normalized spacial score (nSPS) is 10.8. The first kappa shape index (κ1) is 14.9. The molecule has 4 aromatic rings. The third kappa shape index (κ3) is 3.07. The maximum atomic E-state index is 12.2. The topological polar surface area (TPSA) is 85.6 Å². The molecule has 0 aromatic carbocycles. The lowest BCUT2D eigenvalue weighted by Gasteiger charge is -2.06. The number of pyridine rings is 3. The van der Waals surface area contributed by atoms with Gasteiger partial charge in [-0.25, -0.2) is 4.98 Å². The van der Waals surface area contributed by atoms with Crippen LogP contribution in [-0.4, -0.2) is 30.6 Å². The molecule has 0 aliphatic heterocycles. The second kappa shape index (κ2) is 6.12. The number of fused-ring (bicyclic) bond motifs is 1. The molecule has 0 unspecified atom stereocenters. The second-order valence-electron chi connectivity index (χ2n) is 5.58. The molecule has 122 valence electrons. The summed E-state index contributed by atoms with van der Waals surface area (Å²) >= 11 is 0. The summed E-state index contributed by atoms with van der Waals surface area (Å²) in [6, 6.07) is 7.11. The van der Waals surface area contributed by atoms with Crippen molar-refractivity contribution in [2.45, 2.75) is 0 Å². The van der Waals surface area contributed by atoms with Crippen LogP contribution in [0.3, 0.4) is 0 Å². The SMILES string of the molecule is Cn1cc(-c2cnc3cnc(NC(=O)c4ccncc4)cc3c2)cn1. The molecule has 25 heavy (non-hydrogen) atoms. The monoisotopic (exact) mass is 330 g/mol. The number of aromatic nitrogens is 5. The Morgan fingerprint density at radius 1 is 1.04 bits per heavy atom. The van der Waals surface area contributed by atoms with Crippen molar-refractivity contribution in [1.29, 1.82) is 0 Å². The summed E-state index contributed by atoms with van der Waals surface area (Å²) < 4.78 is 1.74. The van der Waals surface area contributed by atoms with Crippen LogP contribution in [0.25, 0.3) is 22.0 Å². The summed E-state index contributed by atoms with van der Waals surface area (Å²) in [7, 11) is 1.87. The number of nitrogens with zero attached hydrogens (tertiary/aromatic N) is 5. The van der Waals surface area contributed by atoms with Gasteiger partial charge in [0, 0.05) is 53.9 Å². The Morgan fingerprint density at radius 2 is 1.88 bits per heavy atom. The molecule has 4 aromatic heterocycles. The van der Waals surface area contributed by atoms with Crippen molar-refractivity contribution >= 4 is 22.6 Å². The van der Waals surface area contributed by atoms with Crippen molar-refractivity contribution in [1.82, 2.24) is 24.7 Å². The summed E-state index contributed by atoms with van der Waals surface area (Å²) in [5.74, 6) is 0.241. The minimum Gasteiger partial charge on any atom is -0.307 e. The van der Waals surface area contributed by atoms with Crippen molar-refractivity contribution in [3.63, 3.8) is 0 Å². The Kier molecular flexibility index (Phi) is 3.66. The lowest BCUT2D eigenvalue weighted by atomic mass is 10.1. The molecule has 4 heterocycles. The van der Waals surface area contributed by atoms with Gasteiger partial charge in [0.15, 0.2) is 0 Å². The molecule has 7 heteroatoms. The molecule has 1 amide bonds. The van der Waals surface area contributed by atoms with Crippen LogP contribution in [0.4, 0.5) is 5.82 Å². The number of hydrogen-bond acceptors (Lipinski definition) is 5. The summed E-state index contributed by atoms with van der Waals surface area (Å²) in [6.45, 7) is 0. The summed E-state index contributed by atoms with van der Waals surface area (Å²) in [4.78, 5) is 24.8. The fourth-order valence-electron chi connectivity index (χ4n) is 2.52. The molecule has 1 N–H and O–H groups in total. The van der Waals surface area contributed by atoms with Crippen LogP contribution in [0, 0.1) is 0 Å². The predicted octanol–water partition coefficient (Wildman–Crippen LogP) is 2.68. The third-order valence-electron chi connectivity index (χ3n) is 3.79. The Hall–Kier alpha value is -3.61. The molecule has 0 aliphatic carbocycles. The van der Waals surface area contributed by atoms with E-state index in [1.807, 2.05) is 19.3 Å². The number of hydrogen-bond donors (Lipinski definition) is 1. The quantitative estimate of drug-likeness (QED) is 0.624.